The maximum absolute atomic E-state index is 10.6. The van der Waals surface area contributed by atoms with Crippen molar-refractivity contribution < 1.29 is 14.6 Å². The number of hydrogen-bond donors (Lipinski definition) is 2. The van der Waals surface area contributed by atoms with Gasteiger partial charge in [-0.25, -0.2) is 4.79 Å². The van der Waals surface area contributed by atoms with Crippen molar-refractivity contribution in [2.45, 2.75) is 45.1 Å². The molecular formula is C10H21NO3. The van der Waals surface area contributed by atoms with E-state index in [0.29, 0.717) is 0 Å². The van der Waals surface area contributed by atoms with Gasteiger partial charge in [-0.2, -0.15) is 0 Å². The third-order valence-electron chi connectivity index (χ3n) is 2.06. The zero-order chi connectivity index (χ0) is 10.8. The Labute approximate surface area is 85.6 Å². The maximum Gasteiger partial charge on any atom is 0.406 e. The van der Waals surface area contributed by atoms with Crippen LogP contribution in [0.25, 0.3) is 0 Å². The van der Waals surface area contributed by atoms with Crippen LogP contribution in [-0.4, -0.2) is 31.0 Å². The lowest BCUT2D eigenvalue weighted by atomic mass is 10.1. The molecule has 4 nitrogen and oxygen atoms in total. The van der Waals surface area contributed by atoms with Gasteiger partial charge in [0.15, 0.2) is 0 Å². The second kappa shape index (κ2) is 8.81. The molecule has 0 spiro atoms. The molecule has 0 aromatic carbocycles. The second-order valence-corrected chi connectivity index (χ2v) is 3.38. The molecule has 2 N–H and O–H groups in total. The quantitative estimate of drug-likeness (QED) is 0.619. The summed E-state index contributed by atoms with van der Waals surface area (Å²) in [5.74, 6) is 0. The van der Waals surface area contributed by atoms with Crippen LogP contribution in [0.1, 0.15) is 39.0 Å². The van der Waals surface area contributed by atoms with E-state index < -0.39 is 12.2 Å². The van der Waals surface area contributed by atoms with Crippen molar-refractivity contribution in [3.63, 3.8) is 0 Å². The zero-order valence-corrected chi connectivity index (χ0v) is 9.08. The molecule has 0 heterocycles. The molecule has 0 saturated carbocycles. The fourth-order valence-corrected chi connectivity index (χ4v) is 1.18. The largest absolute Gasteiger partial charge is 0.453 e. The first kappa shape index (κ1) is 13.2. The summed E-state index contributed by atoms with van der Waals surface area (Å²) in [4.78, 5) is 10.6. The molecule has 0 aromatic heterocycles. The fraction of sp³-hybridized carbons (Fsp3) is 0.900. The van der Waals surface area contributed by atoms with Crippen molar-refractivity contribution in [1.82, 2.24) is 5.32 Å². The number of amides is 1. The molecule has 0 saturated heterocycles. The molecule has 1 unspecified atom stereocenters. The van der Waals surface area contributed by atoms with Gasteiger partial charge in [0, 0.05) is 6.54 Å². The third-order valence-corrected chi connectivity index (χ3v) is 2.06. The van der Waals surface area contributed by atoms with Gasteiger partial charge < -0.3 is 15.2 Å². The summed E-state index contributed by atoms with van der Waals surface area (Å²) in [6.07, 6.45) is 4.35. The summed E-state index contributed by atoms with van der Waals surface area (Å²) < 4.78 is 4.38. The Morgan fingerprint density at radius 3 is 2.71 bits per heavy atom. The molecule has 0 fully saturated rings. The molecule has 14 heavy (non-hydrogen) atoms. The monoisotopic (exact) mass is 203 g/mol. The van der Waals surface area contributed by atoms with Gasteiger partial charge in [0.1, 0.15) is 0 Å². The highest BCUT2D eigenvalue weighted by molar-refractivity contribution is 5.66. The average molecular weight is 203 g/mol. The first-order chi connectivity index (χ1) is 6.70. The lowest BCUT2D eigenvalue weighted by Crippen LogP contribution is -2.31. The molecule has 0 aliphatic carbocycles. The molecule has 0 bridgehead atoms. The molecule has 0 aromatic rings. The fourth-order valence-electron chi connectivity index (χ4n) is 1.18. The first-order valence-corrected chi connectivity index (χ1v) is 5.20. The number of ether oxygens (including phenoxy) is 1. The molecule has 84 valence electrons. The highest BCUT2D eigenvalue weighted by Crippen LogP contribution is 2.04. The van der Waals surface area contributed by atoms with Crippen molar-refractivity contribution >= 4 is 6.09 Å². The van der Waals surface area contributed by atoms with Crippen LogP contribution >= 0.6 is 0 Å². The van der Waals surface area contributed by atoms with Crippen molar-refractivity contribution in [1.29, 1.82) is 0 Å². The Kier molecular flexibility index (Phi) is 8.33. The standard InChI is InChI=1S/C10H21NO3/c1-3-4-5-6-7-9(12)8-11-10(13)14-2/h9,12H,3-8H2,1-2H3,(H,11,13). The Hall–Kier alpha value is -0.770. The van der Waals surface area contributed by atoms with Crippen LogP contribution in [0, 0.1) is 0 Å². The summed E-state index contributed by atoms with van der Waals surface area (Å²) in [5.41, 5.74) is 0. The molecular weight excluding hydrogens is 182 g/mol. The predicted molar refractivity (Wildman–Crippen MR) is 55.2 cm³/mol. The van der Waals surface area contributed by atoms with Gasteiger partial charge in [-0.3, -0.25) is 0 Å². The summed E-state index contributed by atoms with van der Waals surface area (Å²) in [5, 5.41) is 11.9. The summed E-state index contributed by atoms with van der Waals surface area (Å²) in [6, 6.07) is 0. The highest BCUT2D eigenvalue weighted by Gasteiger charge is 2.05. The van der Waals surface area contributed by atoms with E-state index in [4.69, 9.17) is 0 Å². The van der Waals surface area contributed by atoms with Crippen LogP contribution in [-0.2, 0) is 4.74 Å². The van der Waals surface area contributed by atoms with Gasteiger partial charge in [-0.05, 0) is 6.42 Å². The highest BCUT2D eigenvalue weighted by atomic mass is 16.5. The minimum atomic E-state index is -0.488. The van der Waals surface area contributed by atoms with Crippen molar-refractivity contribution in [3.8, 4) is 0 Å². The van der Waals surface area contributed by atoms with E-state index in [-0.39, 0.29) is 6.54 Å². The number of unbranched alkanes of at least 4 members (excludes halogenated alkanes) is 3. The molecule has 4 heteroatoms. The van der Waals surface area contributed by atoms with Crippen molar-refractivity contribution in [2.24, 2.45) is 0 Å². The van der Waals surface area contributed by atoms with Gasteiger partial charge in [0.05, 0.1) is 13.2 Å². The molecule has 0 aliphatic rings. The predicted octanol–water partition coefficient (Wildman–Crippen LogP) is 1.67. The van der Waals surface area contributed by atoms with Gasteiger partial charge in [-0.15, -0.1) is 0 Å². The molecule has 0 rings (SSSR count). The van der Waals surface area contributed by atoms with Crippen LogP contribution in [0.4, 0.5) is 4.79 Å². The smallest absolute Gasteiger partial charge is 0.406 e. The lowest BCUT2D eigenvalue weighted by molar-refractivity contribution is 0.139. The van der Waals surface area contributed by atoms with Crippen molar-refractivity contribution in [3.05, 3.63) is 0 Å². The number of alkyl carbamates (subject to hydrolysis) is 1. The van der Waals surface area contributed by atoms with Crippen LogP contribution in [0.5, 0.6) is 0 Å². The van der Waals surface area contributed by atoms with E-state index >= 15 is 0 Å². The number of methoxy groups -OCH3 is 1. The minimum absolute atomic E-state index is 0.277. The normalized spacial score (nSPS) is 12.2. The van der Waals surface area contributed by atoms with E-state index in [1.54, 1.807) is 0 Å². The Balaban J connectivity index is 3.27. The number of aliphatic hydroxyl groups is 1. The number of nitrogens with one attached hydrogen (secondary N) is 1. The Morgan fingerprint density at radius 2 is 2.14 bits per heavy atom. The molecule has 1 amide bonds. The minimum Gasteiger partial charge on any atom is -0.453 e. The van der Waals surface area contributed by atoms with Gasteiger partial charge in [0.25, 0.3) is 0 Å². The molecule has 0 radical (unpaired) electrons. The van der Waals surface area contributed by atoms with Gasteiger partial charge >= 0.3 is 6.09 Å². The van der Waals surface area contributed by atoms with E-state index in [1.807, 2.05) is 0 Å². The number of aliphatic hydroxyl groups excluding tert-OH is 1. The average Bonchev–Trinajstić information content (AvgIpc) is 2.21. The van der Waals surface area contributed by atoms with E-state index in [2.05, 4.69) is 17.0 Å². The van der Waals surface area contributed by atoms with Crippen LogP contribution in [0.2, 0.25) is 0 Å². The van der Waals surface area contributed by atoms with Crippen LogP contribution in [0.15, 0.2) is 0 Å². The number of carbonyl (C=O) groups is 1. The first-order valence-electron chi connectivity index (χ1n) is 5.20. The SMILES string of the molecule is CCCCCCC(O)CNC(=O)OC. The number of carbonyl (C=O) groups excluding carboxylic acids is 1. The summed E-state index contributed by atoms with van der Waals surface area (Å²) in [7, 11) is 1.31. The van der Waals surface area contributed by atoms with Crippen LogP contribution < -0.4 is 5.32 Å². The summed E-state index contributed by atoms with van der Waals surface area (Å²) >= 11 is 0. The topological polar surface area (TPSA) is 58.6 Å². The third kappa shape index (κ3) is 7.86. The van der Waals surface area contributed by atoms with Crippen LogP contribution in [0.3, 0.4) is 0 Å². The number of hydrogen-bond acceptors (Lipinski definition) is 3. The second-order valence-electron chi connectivity index (χ2n) is 3.38. The summed E-state index contributed by atoms with van der Waals surface area (Å²) in [6.45, 7) is 2.42. The van der Waals surface area contributed by atoms with Gasteiger partial charge in [0.2, 0.25) is 0 Å². The van der Waals surface area contributed by atoms with E-state index in [0.717, 1.165) is 19.3 Å². The number of rotatable bonds is 7. The molecule has 0 aliphatic heterocycles. The lowest BCUT2D eigenvalue weighted by Gasteiger charge is -2.10. The Morgan fingerprint density at radius 1 is 1.43 bits per heavy atom. The van der Waals surface area contributed by atoms with Gasteiger partial charge in [-0.1, -0.05) is 32.6 Å². The van der Waals surface area contributed by atoms with Crippen molar-refractivity contribution in [2.75, 3.05) is 13.7 Å². The Bertz CT molecular complexity index is 150. The molecule has 1 atom stereocenters. The van der Waals surface area contributed by atoms with E-state index in [1.165, 1.54) is 20.0 Å². The van der Waals surface area contributed by atoms with E-state index in [9.17, 15) is 9.90 Å². The zero-order valence-electron chi connectivity index (χ0n) is 9.08. The maximum atomic E-state index is 10.6.